The number of rotatable bonds is 1. The van der Waals surface area contributed by atoms with Crippen molar-refractivity contribution in [2.45, 2.75) is 0 Å². The van der Waals surface area contributed by atoms with Gasteiger partial charge in [0.25, 0.3) is 0 Å². The van der Waals surface area contributed by atoms with Crippen molar-refractivity contribution in [3.8, 4) is 0 Å². The molecule has 5 heteroatoms. The minimum Gasteiger partial charge on any atom is -1.00 e. The third-order valence-electron chi connectivity index (χ3n) is 0.129. The molecule has 0 saturated heterocycles. The van der Waals surface area contributed by atoms with E-state index in [-0.39, 0.29) is 49.8 Å². The number of hydrogen-bond donors (Lipinski definition) is 1. The van der Waals surface area contributed by atoms with E-state index in [0.717, 1.165) is 0 Å². The number of carbonyl (C=O) groups excluding carboxylic acids is 1. The Kier molecular flexibility index (Phi) is 22.6. The first kappa shape index (κ1) is 15.7. The molecule has 3 nitrogen and oxygen atoms in total. The van der Waals surface area contributed by atoms with E-state index in [4.69, 9.17) is 15.0 Å². The van der Waals surface area contributed by atoms with Gasteiger partial charge in [-0.15, -0.1) is 0 Å². The maximum absolute atomic E-state index is 9.01. The maximum atomic E-state index is 9.01. The molecular weight excluding hydrogens is 102 g/mol. The van der Waals surface area contributed by atoms with Crippen LogP contribution in [-0.4, -0.2) is 17.7 Å². The second-order valence-electron chi connectivity index (χ2n) is 0.530. The van der Waals surface area contributed by atoms with Crippen molar-refractivity contribution < 1.29 is 64.9 Å². The predicted octanol–water partition coefficient (Wildman–Crippen LogP) is -8.15. The van der Waals surface area contributed by atoms with E-state index in [0.29, 0.717) is 0 Å². The normalized spacial score (nSPS) is 5.29. The van der Waals surface area contributed by atoms with Crippen LogP contribution in [0.2, 0.25) is 0 Å². The zero-order chi connectivity index (χ0) is 4.28. The Morgan fingerprint density at radius 1 is 1.86 bits per heavy atom. The molecule has 0 saturated carbocycles. The third-order valence-corrected chi connectivity index (χ3v) is 0.129. The Morgan fingerprint density at radius 3 is 2.00 bits per heavy atom. The first-order valence-corrected chi connectivity index (χ1v) is 1.08. The molecule has 0 amide bonds. The molecule has 0 aromatic carbocycles. The summed E-state index contributed by atoms with van der Waals surface area (Å²) < 4.78 is 0. The second-order valence-corrected chi connectivity index (χ2v) is 0.530. The minimum absolute atomic E-state index is 0. The van der Waals surface area contributed by atoms with Gasteiger partial charge in [0.05, 0.1) is 12.6 Å². The van der Waals surface area contributed by atoms with Crippen LogP contribution in [0.3, 0.4) is 0 Å². The molecule has 0 atom stereocenters. The van der Waals surface area contributed by atoms with Crippen LogP contribution in [0.5, 0.6) is 0 Å². The molecule has 0 radical (unpaired) electrons. The number of carboxylic acid groups (broad SMARTS) is 1. The van der Waals surface area contributed by atoms with Gasteiger partial charge in [-0.1, -0.05) is 0 Å². The average molecular weight is 106 g/mol. The van der Waals surface area contributed by atoms with Crippen molar-refractivity contribution in [2.75, 3.05) is 6.61 Å². The van der Waals surface area contributed by atoms with E-state index in [1.165, 1.54) is 0 Å². The molecule has 0 heterocycles. The van der Waals surface area contributed by atoms with Gasteiger partial charge >= 0.3 is 48.4 Å². The molecule has 32 valence electrons. The van der Waals surface area contributed by atoms with Crippen molar-refractivity contribution in [2.24, 2.45) is 0 Å². The van der Waals surface area contributed by atoms with Crippen LogP contribution in [0, 0.1) is 0 Å². The first-order valence-electron chi connectivity index (χ1n) is 1.08. The monoisotopic (exact) mass is 106 g/mol. The van der Waals surface area contributed by atoms with Crippen LogP contribution in [-0.2, 0) is 4.79 Å². The summed E-state index contributed by atoms with van der Waals surface area (Å²) >= 11 is 0. The van der Waals surface area contributed by atoms with Gasteiger partial charge in [-0.3, -0.25) is 0 Å². The van der Waals surface area contributed by atoms with E-state index < -0.39 is 12.6 Å². The Morgan fingerprint density at radius 2 is 2.00 bits per heavy atom. The molecule has 0 fully saturated rings. The Hall–Kier alpha value is 1.03. The van der Waals surface area contributed by atoms with Crippen LogP contribution in [0.25, 0.3) is 0 Å². The number of aliphatic carboxylic acids is 1. The fraction of sp³-hybridized carbons (Fsp3) is 0.500. The molecule has 0 unspecified atom stereocenters. The van der Waals surface area contributed by atoms with Gasteiger partial charge in [-0.25, -0.2) is 0 Å². The van der Waals surface area contributed by atoms with Gasteiger partial charge in [0.2, 0.25) is 0 Å². The number of aliphatic hydroxyl groups excluding tert-OH is 1. The summed E-state index contributed by atoms with van der Waals surface area (Å²) in [6.07, 6.45) is 0. The summed E-state index contributed by atoms with van der Waals surface area (Å²) in [7, 11) is 0. The molecule has 0 aliphatic rings. The van der Waals surface area contributed by atoms with Crippen molar-refractivity contribution in [1.29, 1.82) is 0 Å². The summed E-state index contributed by atoms with van der Waals surface area (Å²) in [6.45, 7) is -0.889. The van der Waals surface area contributed by atoms with E-state index in [1.807, 2.05) is 0 Å². The second kappa shape index (κ2) is 10.1. The van der Waals surface area contributed by atoms with Crippen molar-refractivity contribution >= 4 is 5.97 Å². The molecule has 0 spiro atoms. The fourth-order valence-corrected chi connectivity index (χ4v) is 0. The van der Waals surface area contributed by atoms with Crippen LogP contribution in [0.15, 0.2) is 0 Å². The van der Waals surface area contributed by atoms with E-state index in [1.54, 1.807) is 0 Å². The molecule has 0 aromatic rings. The van der Waals surface area contributed by atoms with Crippen molar-refractivity contribution in [3.63, 3.8) is 0 Å². The molecule has 0 rings (SSSR count). The standard InChI is InChI=1S/C2H4O3.Li.Na.H/c3-1-2(4)5;;;/h3H,1H2,(H,4,5);;;/q;2*+1;-1/p-1. The summed E-state index contributed by atoms with van der Waals surface area (Å²) in [5, 5.41) is 16.5. The van der Waals surface area contributed by atoms with Crippen LogP contribution >= 0.6 is 0 Å². The minimum atomic E-state index is -1.44. The van der Waals surface area contributed by atoms with Gasteiger partial charge in [0.15, 0.2) is 0 Å². The maximum Gasteiger partial charge on any atom is 1.00 e. The molecular formula is C2H4LiNaO3. The van der Waals surface area contributed by atoms with Gasteiger partial charge in [-0.05, 0) is 0 Å². The van der Waals surface area contributed by atoms with E-state index in [2.05, 4.69) is 0 Å². The molecule has 7 heavy (non-hydrogen) atoms. The van der Waals surface area contributed by atoms with Gasteiger partial charge in [0.1, 0.15) is 0 Å². The Bertz CT molecular complexity index is 52.5. The fourth-order valence-electron chi connectivity index (χ4n) is 0. The number of carboxylic acids is 1. The summed E-state index contributed by atoms with van der Waals surface area (Å²) in [5.41, 5.74) is 0. The summed E-state index contributed by atoms with van der Waals surface area (Å²) in [6, 6.07) is 0. The Balaban J connectivity index is -0.0000000267. The molecule has 0 aliphatic carbocycles. The van der Waals surface area contributed by atoms with E-state index >= 15 is 0 Å². The van der Waals surface area contributed by atoms with Gasteiger partial charge in [0, 0.05) is 0 Å². The molecule has 0 aromatic heterocycles. The first-order chi connectivity index (χ1) is 2.27. The predicted molar refractivity (Wildman–Crippen MR) is 13.2 cm³/mol. The third kappa shape index (κ3) is 19.4. The average Bonchev–Trinajstić information content (AvgIpc) is 1.38. The topological polar surface area (TPSA) is 60.4 Å². The number of aliphatic hydroxyl groups is 1. The van der Waals surface area contributed by atoms with Crippen molar-refractivity contribution in [3.05, 3.63) is 0 Å². The van der Waals surface area contributed by atoms with Crippen molar-refractivity contribution in [1.82, 2.24) is 0 Å². The Labute approximate surface area is 77.0 Å². The number of hydrogen-bond acceptors (Lipinski definition) is 3. The smallest absolute Gasteiger partial charge is 1.00 e. The van der Waals surface area contributed by atoms with Gasteiger partial charge in [-0.2, -0.15) is 0 Å². The largest absolute Gasteiger partial charge is 1.00 e. The molecule has 0 bridgehead atoms. The molecule has 0 aliphatic heterocycles. The summed E-state index contributed by atoms with van der Waals surface area (Å²) in [4.78, 5) is 9.01. The zero-order valence-corrected chi connectivity index (χ0v) is 6.47. The SMILES string of the molecule is O=C([O-])CO.[H-].[Li+].[Na+]. The quantitative estimate of drug-likeness (QED) is 0.338. The zero-order valence-electron chi connectivity index (χ0n) is 5.47. The molecule has 1 N–H and O–H groups in total. The van der Waals surface area contributed by atoms with Gasteiger partial charge < -0.3 is 16.4 Å². The summed E-state index contributed by atoms with van der Waals surface area (Å²) in [5.74, 6) is -1.44. The number of carbonyl (C=O) groups is 1. The van der Waals surface area contributed by atoms with E-state index in [9.17, 15) is 0 Å². The van der Waals surface area contributed by atoms with Crippen LogP contribution < -0.4 is 53.5 Å². The van der Waals surface area contributed by atoms with Crippen LogP contribution in [0.4, 0.5) is 0 Å². The van der Waals surface area contributed by atoms with Crippen LogP contribution in [0.1, 0.15) is 1.43 Å².